The Labute approximate surface area is 137 Å². The minimum atomic E-state index is -0.00753. The van der Waals surface area contributed by atoms with Gasteiger partial charge in [0.2, 0.25) is 0 Å². The van der Waals surface area contributed by atoms with Gasteiger partial charge >= 0.3 is 0 Å². The zero-order valence-corrected chi connectivity index (χ0v) is 13.6. The highest BCUT2D eigenvalue weighted by atomic mass is 79.9. The maximum atomic E-state index is 12.4. The van der Waals surface area contributed by atoms with Crippen molar-refractivity contribution in [3.8, 4) is 0 Å². The lowest BCUT2D eigenvalue weighted by atomic mass is 10.2. The van der Waals surface area contributed by atoms with Gasteiger partial charge in [-0.15, -0.1) is 0 Å². The molecule has 0 atom stereocenters. The molecule has 116 valence electrons. The molecule has 2 aromatic heterocycles. The SMILES string of the molecule is NCc1cc(C(=O)N2CCN(c3ccc(Br)cn3)CC2)co1. The molecule has 0 aromatic carbocycles. The first-order valence-corrected chi connectivity index (χ1v) is 7.90. The van der Waals surface area contributed by atoms with Crippen molar-refractivity contribution in [1.82, 2.24) is 9.88 Å². The van der Waals surface area contributed by atoms with Gasteiger partial charge < -0.3 is 20.0 Å². The number of pyridine rings is 1. The molecule has 0 aliphatic carbocycles. The van der Waals surface area contributed by atoms with Crippen molar-refractivity contribution >= 4 is 27.7 Å². The van der Waals surface area contributed by atoms with Crippen LogP contribution >= 0.6 is 15.9 Å². The average molecular weight is 365 g/mol. The van der Waals surface area contributed by atoms with Gasteiger partial charge in [-0.2, -0.15) is 0 Å². The largest absolute Gasteiger partial charge is 0.467 e. The zero-order chi connectivity index (χ0) is 15.5. The summed E-state index contributed by atoms with van der Waals surface area (Å²) in [6.07, 6.45) is 3.26. The Morgan fingerprint density at radius 1 is 1.32 bits per heavy atom. The van der Waals surface area contributed by atoms with Gasteiger partial charge in [0.05, 0.1) is 12.1 Å². The first-order chi connectivity index (χ1) is 10.7. The van der Waals surface area contributed by atoms with E-state index in [9.17, 15) is 4.79 Å². The van der Waals surface area contributed by atoms with Crippen LogP contribution in [0.3, 0.4) is 0 Å². The summed E-state index contributed by atoms with van der Waals surface area (Å²) in [4.78, 5) is 20.8. The molecule has 1 fully saturated rings. The second-order valence-electron chi connectivity index (χ2n) is 5.12. The molecule has 2 N–H and O–H groups in total. The summed E-state index contributed by atoms with van der Waals surface area (Å²) < 4.78 is 6.19. The Bertz CT molecular complexity index is 648. The number of halogens is 1. The number of anilines is 1. The number of nitrogens with two attached hydrogens (primary N) is 1. The Morgan fingerprint density at radius 3 is 2.68 bits per heavy atom. The van der Waals surface area contributed by atoms with Crippen LogP contribution in [0.25, 0.3) is 0 Å². The Hall–Kier alpha value is -1.86. The number of aromatic nitrogens is 1. The van der Waals surface area contributed by atoms with Gasteiger partial charge in [-0.1, -0.05) is 0 Å². The van der Waals surface area contributed by atoms with E-state index in [0.29, 0.717) is 31.0 Å². The summed E-state index contributed by atoms with van der Waals surface area (Å²) in [5.74, 6) is 1.55. The van der Waals surface area contributed by atoms with Crippen molar-refractivity contribution in [2.75, 3.05) is 31.1 Å². The van der Waals surface area contributed by atoms with E-state index in [0.717, 1.165) is 23.4 Å². The van der Waals surface area contributed by atoms with Gasteiger partial charge in [-0.3, -0.25) is 4.79 Å². The van der Waals surface area contributed by atoms with Crippen molar-refractivity contribution < 1.29 is 9.21 Å². The van der Waals surface area contributed by atoms with E-state index in [-0.39, 0.29) is 5.91 Å². The summed E-state index contributed by atoms with van der Waals surface area (Å²) in [5, 5.41) is 0. The van der Waals surface area contributed by atoms with E-state index in [1.807, 2.05) is 17.0 Å². The third kappa shape index (κ3) is 3.15. The Kier molecular flexibility index (Phi) is 4.44. The van der Waals surface area contributed by atoms with Crippen LogP contribution in [0.5, 0.6) is 0 Å². The smallest absolute Gasteiger partial charge is 0.257 e. The number of hydrogen-bond acceptors (Lipinski definition) is 5. The fourth-order valence-corrected chi connectivity index (χ4v) is 2.71. The third-order valence-corrected chi connectivity index (χ3v) is 4.17. The quantitative estimate of drug-likeness (QED) is 0.899. The van der Waals surface area contributed by atoms with Crippen LogP contribution in [-0.4, -0.2) is 42.0 Å². The maximum absolute atomic E-state index is 12.4. The molecule has 2 aromatic rings. The van der Waals surface area contributed by atoms with E-state index >= 15 is 0 Å². The minimum absolute atomic E-state index is 0.00753. The lowest BCUT2D eigenvalue weighted by Crippen LogP contribution is -2.49. The van der Waals surface area contributed by atoms with Crippen molar-refractivity contribution in [2.24, 2.45) is 5.73 Å². The zero-order valence-electron chi connectivity index (χ0n) is 12.0. The van der Waals surface area contributed by atoms with Gasteiger partial charge in [0, 0.05) is 36.8 Å². The molecule has 3 rings (SSSR count). The van der Waals surface area contributed by atoms with Gasteiger partial charge in [0.1, 0.15) is 17.8 Å². The number of carbonyl (C=O) groups excluding carboxylic acids is 1. The predicted molar refractivity (Wildman–Crippen MR) is 86.7 cm³/mol. The number of hydrogen-bond donors (Lipinski definition) is 1. The molecule has 0 spiro atoms. The van der Waals surface area contributed by atoms with Crippen LogP contribution in [-0.2, 0) is 6.54 Å². The number of furan rings is 1. The molecule has 3 heterocycles. The van der Waals surface area contributed by atoms with Crippen LogP contribution < -0.4 is 10.6 Å². The third-order valence-electron chi connectivity index (χ3n) is 3.70. The van der Waals surface area contributed by atoms with E-state index in [1.54, 1.807) is 12.3 Å². The second-order valence-corrected chi connectivity index (χ2v) is 6.04. The molecule has 7 heteroatoms. The first kappa shape index (κ1) is 15.1. The maximum Gasteiger partial charge on any atom is 0.257 e. The summed E-state index contributed by atoms with van der Waals surface area (Å²) in [7, 11) is 0. The number of rotatable bonds is 3. The molecule has 6 nitrogen and oxygen atoms in total. The number of carbonyl (C=O) groups is 1. The van der Waals surface area contributed by atoms with Crippen molar-refractivity contribution in [2.45, 2.75) is 6.54 Å². The fourth-order valence-electron chi connectivity index (χ4n) is 2.48. The minimum Gasteiger partial charge on any atom is -0.467 e. The number of piperazine rings is 1. The molecule has 1 amide bonds. The lowest BCUT2D eigenvalue weighted by molar-refractivity contribution is 0.0746. The van der Waals surface area contributed by atoms with Crippen molar-refractivity contribution in [1.29, 1.82) is 0 Å². The molecule has 1 aliphatic rings. The Balaban J connectivity index is 1.61. The van der Waals surface area contributed by atoms with Crippen LogP contribution in [0.1, 0.15) is 16.1 Å². The van der Waals surface area contributed by atoms with Crippen LogP contribution in [0, 0.1) is 0 Å². The highest BCUT2D eigenvalue weighted by molar-refractivity contribution is 9.10. The topological polar surface area (TPSA) is 75.6 Å². The molecule has 1 saturated heterocycles. The lowest BCUT2D eigenvalue weighted by Gasteiger charge is -2.35. The van der Waals surface area contributed by atoms with Gasteiger partial charge in [-0.05, 0) is 34.1 Å². The molecular formula is C15H17BrN4O2. The average Bonchev–Trinajstić information content (AvgIpc) is 3.04. The normalized spacial score (nSPS) is 15.2. The van der Waals surface area contributed by atoms with E-state index in [2.05, 4.69) is 25.8 Å². The molecule has 0 unspecified atom stereocenters. The molecule has 0 saturated carbocycles. The van der Waals surface area contributed by atoms with Gasteiger partial charge in [0.25, 0.3) is 5.91 Å². The van der Waals surface area contributed by atoms with Gasteiger partial charge in [-0.25, -0.2) is 4.98 Å². The summed E-state index contributed by atoms with van der Waals surface area (Å²) in [6, 6.07) is 5.66. The first-order valence-electron chi connectivity index (χ1n) is 7.10. The summed E-state index contributed by atoms with van der Waals surface area (Å²) in [5.41, 5.74) is 6.06. The van der Waals surface area contributed by atoms with E-state index in [1.165, 1.54) is 6.26 Å². The Morgan fingerprint density at radius 2 is 2.09 bits per heavy atom. The monoisotopic (exact) mass is 364 g/mol. The molecule has 22 heavy (non-hydrogen) atoms. The van der Waals surface area contributed by atoms with Crippen LogP contribution in [0.2, 0.25) is 0 Å². The van der Waals surface area contributed by atoms with E-state index in [4.69, 9.17) is 10.2 Å². The highest BCUT2D eigenvalue weighted by Crippen LogP contribution is 2.18. The number of nitrogens with zero attached hydrogens (tertiary/aromatic N) is 3. The fraction of sp³-hybridized carbons (Fsp3) is 0.333. The molecule has 0 radical (unpaired) electrons. The molecular weight excluding hydrogens is 348 g/mol. The van der Waals surface area contributed by atoms with E-state index < -0.39 is 0 Å². The predicted octanol–water partition coefficient (Wildman–Crippen LogP) is 1.86. The summed E-state index contributed by atoms with van der Waals surface area (Å²) >= 11 is 3.38. The highest BCUT2D eigenvalue weighted by Gasteiger charge is 2.23. The van der Waals surface area contributed by atoms with Crippen LogP contribution in [0.4, 0.5) is 5.82 Å². The summed E-state index contributed by atoms with van der Waals surface area (Å²) in [6.45, 7) is 3.17. The van der Waals surface area contributed by atoms with Crippen LogP contribution in [0.15, 0.2) is 39.5 Å². The standard InChI is InChI=1S/C15H17BrN4O2/c16-12-1-2-14(18-9-12)19-3-5-20(6-4-19)15(21)11-7-13(8-17)22-10-11/h1-2,7,9-10H,3-6,8,17H2. The second kappa shape index (κ2) is 6.50. The molecule has 1 aliphatic heterocycles. The molecule has 0 bridgehead atoms. The van der Waals surface area contributed by atoms with Gasteiger partial charge in [0.15, 0.2) is 0 Å². The van der Waals surface area contributed by atoms with Crippen molar-refractivity contribution in [3.05, 3.63) is 46.5 Å². The van der Waals surface area contributed by atoms with Crippen molar-refractivity contribution in [3.63, 3.8) is 0 Å². The number of amides is 1.